The van der Waals surface area contributed by atoms with Gasteiger partial charge in [-0.1, -0.05) is 24.3 Å². The van der Waals surface area contributed by atoms with Gasteiger partial charge in [-0.05, 0) is 49.2 Å². The molecule has 2 aromatic carbocycles. The molecule has 0 fully saturated rings. The Kier molecular flexibility index (Phi) is 7.22. The second-order valence-electron chi connectivity index (χ2n) is 6.78. The van der Waals surface area contributed by atoms with E-state index in [-0.39, 0.29) is 0 Å². The summed E-state index contributed by atoms with van der Waals surface area (Å²) in [6, 6.07) is 16.8. The predicted octanol–water partition coefficient (Wildman–Crippen LogP) is 2.77. The van der Waals surface area contributed by atoms with E-state index in [0.29, 0.717) is 6.54 Å². The normalized spacial score (nSPS) is 11.3. The van der Waals surface area contributed by atoms with Crippen molar-refractivity contribution in [1.82, 2.24) is 25.4 Å². The summed E-state index contributed by atoms with van der Waals surface area (Å²) in [7, 11) is 1.79. The molecule has 0 aliphatic heterocycles. The molecule has 3 aromatic rings. The molecule has 0 radical (unpaired) electrons. The van der Waals surface area contributed by atoms with Gasteiger partial charge in [0.1, 0.15) is 12.7 Å². The van der Waals surface area contributed by atoms with Crippen LogP contribution in [0.2, 0.25) is 0 Å². The number of aliphatic imine (C=N–C) groups is 1. The first-order valence-electron chi connectivity index (χ1n) is 9.89. The second-order valence-corrected chi connectivity index (χ2v) is 6.78. The van der Waals surface area contributed by atoms with E-state index in [1.165, 1.54) is 23.1 Å². The first kappa shape index (κ1) is 20.4. The number of rotatable bonds is 8. The van der Waals surface area contributed by atoms with Crippen molar-refractivity contribution >= 4 is 11.6 Å². The van der Waals surface area contributed by atoms with Crippen molar-refractivity contribution in [2.75, 3.05) is 31.6 Å². The van der Waals surface area contributed by atoms with Gasteiger partial charge in [-0.15, -0.1) is 0 Å². The third-order valence-corrected chi connectivity index (χ3v) is 4.73. The zero-order valence-electron chi connectivity index (χ0n) is 17.3. The molecule has 152 valence electrons. The van der Waals surface area contributed by atoms with Crippen molar-refractivity contribution in [3.05, 3.63) is 72.3 Å². The van der Waals surface area contributed by atoms with Crippen molar-refractivity contribution in [2.45, 2.75) is 20.4 Å². The topological polar surface area (TPSA) is 70.4 Å². The zero-order chi connectivity index (χ0) is 20.5. The quantitative estimate of drug-likeness (QED) is 0.456. The van der Waals surface area contributed by atoms with Crippen LogP contribution in [0.3, 0.4) is 0 Å². The highest BCUT2D eigenvalue weighted by Crippen LogP contribution is 2.15. The SMILES string of the molecule is CCN(CCNC(=NC)NCc1ccc(-n2cncn2)cc1)c1cccc(C)c1. The van der Waals surface area contributed by atoms with Crippen molar-refractivity contribution in [3.8, 4) is 5.69 Å². The molecule has 0 spiro atoms. The molecule has 7 heteroatoms. The minimum absolute atomic E-state index is 0.701. The number of hydrogen-bond donors (Lipinski definition) is 2. The molecule has 0 bridgehead atoms. The summed E-state index contributed by atoms with van der Waals surface area (Å²) < 4.78 is 1.74. The van der Waals surface area contributed by atoms with Gasteiger partial charge < -0.3 is 15.5 Å². The van der Waals surface area contributed by atoms with Crippen LogP contribution in [0.15, 0.2) is 66.2 Å². The van der Waals surface area contributed by atoms with Gasteiger partial charge in [0, 0.05) is 38.9 Å². The van der Waals surface area contributed by atoms with Crippen molar-refractivity contribution < 1.29 is 0 Å². The average Bonchev–Trinajstić information content (AvgIpc) is 3.29. The minimum Gasteiger partial charge on any atom is -0.370 e. The van der Waals surface area contributed by atoms with Crippen LogP contribution < -0.4 is 15.5 Å². The lowest BCUT2D eigenvalue weighted by Gasteiger charge is -2.24. The van der Waals surface area contributed by atoms with Gasteiger partial charge in [-0.2, -0.15) is 5.10 Å². The highest BCUT2D eigenvalue weighted by Gasteiger charge is 2.05. The molecular weight excluding hydrogens is 362 g/mol. The van der Waals surface area contributed by atoms with E-state index in [0.717, 1.165) is 31.3 Å². The average molecular weight is 392 g/mol. The fourth-order valence-corrected chi connectivity index (χ4v) is 3.12. The molecule has 0 saturated carbocycles. The van der Waals surface area contributed by atoms with Gasteiger partial charge >= 0.3 is 0 Å². The predicted molar refractivity (Wildman–Crippen MR) is 119 cm³/mol. The molecule has 0 unspecified atom stereocenters. The van der Waals surface area contributed by atoms with Crippen molar-refractivity contribution in [3.63, 3.8) is 0 Å². The largest absolute Gasteiger partial charge is 0.370 e. The van der Waals surface area contributed by atoms with E-state index in [4.69, 9.17) is 0 Å². The molecular formula is C22H29N7. The van der Waals surface area contributed by atoms with Crippen LogP contribution in [-0.4, -0.2) is 47.4 Å². The van der Waals surface area contributed by atoms with E-state index < -0.39 is 0 Å². The van der Waals surface area contributed by atoms with Gasteiger partial charge in [-0.25, -0.2) is 9.67 Å². The highest BCUT2D eigenvalue weighted by atomic mass is 15.3. The molecule has 0 atom stereocenters. The zero-order valence-corrected chi connectivity index (χ0v) is 17.3. The first-order chi connectivity index (χ1) is 14.2. The number of hydrogen-bond acceptors (Lipinski definition) is 4. The lowest BCUT2D eigenvalue weighted by molar-refractivity contribution is 0.750. The molecule has 0 aliphatic rings. The Bertz CT molecular complexity index is 901. The fourth-order valence-electron chi connectivity index (χ4n) is 3.12. The first-order valence-corrected chi connectivity index (χ1v) is 9.89. The van der Waals surface area contributed by atoms with Crippen LogP contribution in [0, 0.1) is 6.92 Å². The van der Waals surface area contributed by atoms with Crippen LogP contribution in [0.25, 0.3) is 5.69 Å². The molecule has 1 aromatic heterocycles. The maximum Gasteiger partial charge on any atom is 0.191 e. The van der Waals surface area contributed by atoms with Gasteiger partial charge in [0.15, 0.2) is 5.96 Å². The number of benzene rings is 2. The summed E-state index contributed by atoms with van der Waals surface area (Å²) in [5, 5.41) is 10.9. The van der Waals surface area contributed by atoms with Gasteiger partial charge in [-0.3, -0.25) is 4.99 Å². The minimum atomic E-state index is 0.701. The summed E-state index contributed by atoms with van der Waals surface area (Å²) in [6.07, 6.45) is 3.22. The van der Waals surface area contributed by atoms with Crippen molar-refractivity contribution in [1.29, 1.82) is 0 Å². The summed E-state index contributed by atoms with van der Waals surface area (Å²) in [6.45, 7) is 7.69. The third kappa shape index (κ3) is 5.81. The van der Waals surface area contributed by atoms with Gasteiger partial charge in [0.2, 0.25) is 0 Å². The number of aryl methyl sites for hydroxylation is 1. The van der Waals surface area contributed by atoms with E-state index in [2.05, 4.69) is 80.9 Å². The fraction of sp³-hybridized carbons (Fsp3) is 0.318. The molecule has 0 saturated heterocycles. The molecule has 2 N–H and O–H groups in total. The van der Waals surface area contributed by atoms with E-state index in [1.54, 1.807) is 18.1 Å². The number of nitrogens with zero attached hydrogens (tertiary/aromatic N) is 5. The summed E-state index contributed by atoms with van der Waals surface area (Å²) in [5.41, 5.74) is 4.70. The summed E-state index contributed by atoms with van der Waals surface area (Å²) in [5.74, 6) is 0.797. The van der Waals surface area contributed by atoms with Crippen LogP contribution in [0.4, 0.5) is 5.69 Å². The standard InChI is InChI=1S/C22H29N7/c1-4-28(21-7-5-6-18(2)14-21)13-12-25-22(23-3)26-15-19-8-10-20(11-9-19)29-17-24-16-27-29/h5-11,14,16-17H,4,12-13,15H2,1-3H3,(H2,23,25,26). The van der Waals surface area contributed by atoms with E-state index >= 15 is 0 Å². The van der Waals surface area contributed by atoms with Crippen LogP contribution in [0.1, 0.15) is 18.1 Å². The molecule has 3 rings (SSSR count). The number of likely N-dealkylation sites (N-methyl/N-ethyl adjacent to an activating group) is 1. The maximum atomic E-state index is 4.32. The molecule has 29 heavy (non-hydrogen) atoms. The lowest BCUT2D eigenvalue weighted by Crippen LogP contribution is -2.41. The smallest absolute Gasteiger partial charge is 0.191 e. The molecule has 0 aliphatic carbocycles. The molecule has 1 heterocycles. The Balaban J connectivity index is 1.47. The number of nitrogens with one attached hydrogen (secondary N) is 2. The van der Waals surface area contributed by atoms with Crippen LogP contribution in [0.5, 0.6) is 0 Å². The molecule has 0 amide bonds. The summed E-state index contributed by atoms with van der Waals surface area (Å²) in [4.78, 5) is 10.7. The Morgan fingerprint density at radius 2 is 1.97 bits per heavy atom. The second kappa shape index (κ2) is 10.3. The maximum absolute atomic E-state index is 4.32. The Hall–Kier alpha value is -3.35. The number of anilines is 1. The van der Waals surface area contributed by atoms with E-state index in [1.807, 2.05) is 12.1 Å². The van der Waals surface area contributed by atoms with Gasteiger partial charge in [0.25, 0.3) is 0 Å². The third-order valence-electron chi connectivity index (χ3n) is 4.73. The lowest BCUT2D eigenvalue weighted by atomic mass is 10.2. The van der Waals surface area contributed by atoms with Crippen LogP contribution >= 0.6 is 0 Å². The van der Waals surface area contributed by atoms with Crippen LogP contribution in [-0.2, 0) is 6.54 Å². The monoisotopic (exact) mass is 391 g/mol. The number of aromatic nitrogens is 3. The van der Waals surface area contributed by atoms with Crippen molar-refractivity contribution in [2.24, 2.45) is 4.99 Å². The summed E-state index contributed by atoms with van der Waals surface area (Å²) >= 11 is 0. The molecule has 7 nitrogen and oxygen atoms in total. The Morgan fingerprint density at radius 1 is 1.14 bits per heavy atom. The van der Waals surface area contributed by atoms with E-state index in [9.17, 15) is 0 Å². The Labute approximate surface area is 172 Å². The van der Waals surface area contributed by atoms with Gasteiger partial charge in [0.05, 0.1) is 5.69 Å². The Morgan fingerprint density at radius 3 is 2.62 bits per heavy atom. The number of guanidine groups is 1. The highest BCUT2D eigenvalue weighted by molar-refractivity contribution is 5.79.